The van der Waals surface area contributed by atoms with Gasteiger partial charge in [0.2, 0.25) is 0 Å². The van der Waals surface area contributed by atoms with Crippen LogP contribution in [0.1, 0.15) is 60.8 Å². The minimum atomic E-state index is 0. The fourth-order valence-corrected chi connectivity index (χ4v) is 1.74. The monoisotopic (exact) mass is 158 g/mol. The van der Waals surface area contributed by atoms with E-state index in [2.05, 4.69) is 13.8 Å². The molecule has 0 amide bonds. The van der Waals surface area contributed by atoms with Crippen LogP contribution in [0.2, 0.25) is 0 Å². The Morgan fingerprint density at radius 2 is 1.27 bits per heavy atom. The second kappa shape index (κ2) is 8.10. The summed E-state index contributed by atoms with van der Waals surface area (Å²) in [6.45, 7) is 8.74. The lowest BCUT2D eigenvalue weighted by molar-refractivity contribution is 0.301. The summed E-state index contributed by atoms with van der Waals surface area (Å²) >= 11 is 0. The Morgan fingerprint density at radius 1 is 0.909 bits per heavy atom. The van der Waals surface area contributed by atoms with Crippen molar-refractivity contribution in [2.24, 2.45) is 11.8 Å². The summed E-state index contributed by atoms with van der Waals surface area (Å²) in [5, 5.41) is 0. The predicted molar refractivity (Wildman–Crippen MR) is 54.9 cm³/mol. The van der Waals surface area contributed by atoms with Gasteiger partial charge in [0, 0.05) is 0 Å². The van der Waals surface area contributed by atoms with E-state index in [1.54, 1.807) is 0 Å². The summed E-state index contributed by atoms with van der Waals surface area (Å²) in [7, 11) is 0. The molecule has 0 nitrogen and oxygen atoms in total. The van der Waals surface area contributed by atoms with Gasteiger partial charge in [-0.1, -0.05) is 54.4 Å². The van der Waals surface area contributed by atoms with Gasteiger partial charge in [-0.2, -0.15) is 0 Å². The van der Waals surface area contributed by atoms with E-state index < -0.39 is 0 Å². The van der Waals surface area contributed by atoms with Crippen molar-refractivity contribution in [3.8, 4) is 0 Å². The first-order valence-electron chi connectivity index (χ1n) is 4.79. The molecular weight excluding hydrogens is 132 g/mol. The van der Waals surface area contributed by atoms with Gasteiger partial charge in [-0.15, -0.1) is 0 Å². The van der Waals surface area contributed by atoms with Crippen LogP contribution >= 0.6 is 0 Å². The standard InChI is InChI=1S/C8H16.C2H6.CH4/c1-7-4-3-5-8(2)6-7;1-2;/h7-8H,3-6H2,1-2H3;1-2H3;1H4. The lowest BCUT2D eigenvalue weighted by Crippen LogP contribution is -2.09. The Hall–Kier alpha value is 0. The van der Waals surface area contributed by atoms with Crippen molar-refractivity contribution in [2.75, 3.05) is 0 Å². The number of hydrogen-bond donors (Lipinski definition) is 0. The Bertz CT molecular complexity index is 58.4. The summed E-state index contributed by atoms with van der Waals surface area (Å²) in [4.78, 5) is 0. The minimum absolute atomic E-state index is 0. The maximum absolute atomic E-state index is 2.37. The SMILES string of the molecule is C.CC.CC1CCCC(C)C1. The normalized spacial score (nSPS) is 29.5. The molecule has 1 fully saturated rings. The van der Waals surface area contributed by atoms with Crippen molar-refractivity contribution in [3.05, 3.63) is 0 Å². The summed E-state index contributed by atoms with van der Waals surface area (Å²) in [5.41, 5.74) is 0. The second-order valence-electron chi connectivity index (χ2n) is 3.38. The molecule has 1 rings (SSSR count). The topological polar surface area (TPSA) is 0 Å². The fourth-order valence-electron chi connectivity index (χ4n) is 1.74. The van der Waals surface area contributed by atoms with Crippen LogP contribution in [0.3, 0.4) is 0 Å². The molecule has 1 saturated carbocycles. The Morgan fingerprint density at radius 3 is 1.45 bits per heavy atom. The lowest BCUT2D eigenvalue weighted by Gasteiger charge is -2.22. The van der Waals surface area contributed by atoms with Gasteiger partial charge >= 0.3 is 0 Å². The molecule has 0 aromatic rings. The zero-order valence-corrected chi connectivity index (χ0v) is 7.98. The molecule has 0 aliphatic heterocycles. The highest BCUT2D eigenvalue weighted by atomic mass is 14.2. The molecule has 1 aliphatic carbocycles. The van der Waals surface area contributed by atoms with E-state index in [0.717, 1.165) is 11.8 Å². The lowest BCUT2D eigenvalue weighted by atomic mass is 9.84. The Labute approximate surface area is 73.4 Å². The van der Waals surface area contributed by atoms with Gasteiger partial charge in [-0.3, -0.25) is 0 Å². The minimum Gasteiger partial charge on any atom is -0.0776 e. The van der Waals surface area contributed by atoms with Gasteiger partial charge in [0.05, 0.1) is 0 Å². The maximum atomic E-state index is 2.37. The quantitative estimate of drug-likeness (QED) is 0.487. The summed E-state index contributed by atoms with van der Waals surface area (Å²) in [6.07, 6.45) is 5.90. The van der Waals surface area contributed by atoms with E-state index in [9.17, 15) is 0 Å². The van der Waals surface area contributed by atoms with E-state index in [0.29, 0.717) is 0 Å². The van der Waals surface area contributed by atoms with Crippen LogP contribution in [-0.2, 0) is 0 Å². The molecule has 0 bridgehead atoms. The largest absolute Gasteiger partial charge is 0.0776 e. The van der Waals surface area contributed by atoms with Crippen LogP contribution in [-0.4, -0.2) is 0 Å². The van der Waals surface area contributed by atoms with Crippen LogP contribution in [0, 0.1) is 11.8 Å². The van der Waals surface area contributed by atoms with E-state index in [4.69, 9.17) is 0 Å². The first-order valence-corrected chi connectivity index (χ1v) is 4.79. The van der Waals surface area contributed by atoms with Crippen molar-refractivity contribution in [1.82, 2.24) is 0 Å². The summed E-state index contributed by atoms with van der Waals surface area (Å²) < 4.78 is 0. The van der Waals surface area contributed by atoms with Gasteiger partial charge < -0.3 is 0 Å². The Balaban J connectivity index is 0. The van der Waals surface area contributed by atoms with Crippen LogP contribution in [0.15, 0.2) is 0 Å². The average molecular weight is 158 g/mol. The van der Waals surface area contributed by atoms with E-state index in [1.165, 1.54) is 25.7 Å². The highest BCUT2D eigenvalue weighted by Crippen LogP contribution is 2.27. The van der Waals surface area contributed by atoms with Crippen LogP contribution in [0.4, 0.5) is 0 Å². The molecule has 0 aromatic carbocycles. The van der Waals surface area contributed by atoms with Crippen molar-refractivity contribution in [2.45, 2.75) is 60.8 Å². The zero-order chi connectivity index (χ0) is 7.98. The maximum Gasteiger partial charge on any atom is -0.0440 e. The molecule has 0 N–H and O–H groups in total. The highest BCUT2D eigenvalue weighted by Gasteiger charge is 2.13. The van der Waals surface area contributed by atoms with E-state index in [-0.39, 0.29) is 7.43 Å². The number of rotatable bonds is 0. The van der Waals surface area contributed by atoms with Gasteiger partial charge in [-0.05, 0) is 18.3 Å². The van der Waals surface area contributed by atoms with Crippen LogP contribution in [0.25, 0.3) is 0 Å². The van der Waals surface area contributed by atoms with Crippen molar-refractivity contribution in [3.63, 3.8) is 0 Å². The number of hydrogen-bond acceptors (Lipinski definition) is 0. The molecule has 2 atom stereocenters. The first-order chi connectivity index (χ1) is 4.79. The molecule has 1 aliphatic rings. The third kappa shape index (κ3) is 6.40. The van der Waals surface area contributed by atoms with Crippen molar-refractivity contribution < 1.29 is 0 Å². The highest BCUT2D eigenvalue weighted by molar-refractivity contribution is 4.66. The molecule has 0 radical (unpaired) electrons. The smallest absolute Gasteiger partial charge is 0.0440 e. The molecule has 70 valence electrons. The molecule has 0 heterocycles. The predicted octanol–water partition coefficient (Wildman–Crippen LogP) is 4.49. The first kappa shape index (κ1) is 13.6. The zero-order valence-electron chi connectivity index (χ0n) is 7.98. The van der Waals surface area contributed by atoms with E-state index in [1.807, 2.05) is 13.8 Å². The van der Waals surface area contributed by atoms with Crippen LogP contribution in [0.5, 0.6) is 0 Å². The molecular formula is C11H26. The fraction of sp³-hybridized carbons (Fsp3) is 1.00. The molecule has 0 aromatic heterocycles. The van der Waals surface area contributed by atoms with Crippen molar-refractivity contribution >= 4 is 0 Å². The van der Waals surface area contributed by atoms with Gasteiger partial charge in [0.15, 0.2) is 0 Å². The van der Waals surface area contributed by atoms with E-state index >= 15 is 0 Å². The third-order valence-electron chi connectivity index (χ3n) is 2.20. The van der Waals surface area contributed by atoms with Crippen LogP contribution < -0.4 is 0 Å². The van der Waals surface area contributed by atoms with Crippen molar-refractivity contribution in [1.29, 1.82) is 0 Å². The van der Waals surface area contributed by atoms with Gasteiger partial charge in [0.1, 0.15) is 0 Å². The average Bonchev–Trinajstić information content (AvgIpc) is 1.91. The molecule has 0 heteroatoms. The molecule has 0 saturated heterocycles. The Kier molecular flexibility index (Phi) is 10.0. The van der Waals surface area contributed by atoms with Gasteiger partial charge in [0.25, 0.3) is 0 Å². The third-order valence-corrected chi connectivity index (χ3v) is 2.20. The summed E-state index contributed by atoms with van der Waals surface area (Å²) in [6, 6.07) is 0. The molecule has 0 spiro atoms. The van der Waals surface area contributed by atoms with Gasteiger partial charge in [-0.25, -0.2) is 0 Å². The second-order valence-corrected chi connectivity index (χ2v) is 3.38. The molecule has 2 unspecified atom stereocenters. The molecule has 11 heavy (non-hydrogen) atoms. The summed E-state index contributed by atoms with van der Waals surface area (Å²) in [5.74, 6) is 2.03.